The molecule has 20 heavy (non-hydrogen) atoms. The summed E-state index contributed by atoms with van der Waals surface area (Å²) in [6, 6.07) is 2.00. The molecule has 0 amide bonds. The van der Waals surface area contributed by atoms with E-state index in [1.807, 2.05) is 26.1 Å². The molecule has 1 fully saturated rings. The van der Waals surface area contributed by atoms with Crippen LogP contribution < -0.4 is 0 Å². The summed E-state index contributed by atoms with van der Waals surface area (Å²) in [5.74, 6) is 0.739. The molecular weight excluding hydrogens is 254 g/mol. The minimum Gasteiger partial charge on any atom is -0.371 e. The van der Waals surface area contributed by atoms with Crippen molar-refractivity contribution in [2.45, 2.75) is 46.5 Å². The second kappa shape index (κ2) is 7.72. The summed E-state index contributed by atoms with van der Waals surface area (Å²) >= 11 is 0. The third-order valence-corrected chi connectivity index (χ3v) is 3.65. The molecular formula is C16H25NO3. The van der Waals surface area contributed by atoms with Crippen LogP contribution in [-0.4, -0.2) is 31.1 Å². The van der Waals surface area contributed by atoms with Gasteiger partial charge in [0, 0.05) is 18.5 Å². The van der Waals surface area contributed by atoms with Gasteiger partial charge < -0.3 is 14.2 Å². The number of aryl methyl sites for hydroxylation is 1. The Morgan fingerprint density at radius 2 is 2.10 bits per heavy atom. The summed E-state index contributed by atoms with van der Waals surface area (Å²) in [7, 11) is 0. The van der Waals surface area contributed by atoms with Crippen LogP contribution in [-0.2, 0) is 20.8 Å². The van der Waals surface area contributed by atoms with Crippen molar-refractivity contribution >= 4 is 0 Å². The molecule has 0 saturated heterocycles. The number of aromatic nitrogens is 1. The van der Waals surface area contributed by atoms with E-state index < -0.39 is 0 Å². The van der Waals surface area contributed by atoms with Gasteiger partial charge in [-0.3, -0.25) is 4.98 Å². The molecule has 4 nitrogen and oxygen atoms in total. The molecule has 0 aromatic carbocycles. The topological polar surface area (TPSA) is 40.6 Å². The fourth-order valence-electron chi connectivity index (χ4n) is 1.97. The summed E-state index contributed by atoms with van der Waals surface area (Å²) in [5.41, 5.74) is 3.42. The lowest BCUT2D eigenvalue weighted by Gasteiger charge is -2.18. The van der Waals surface area contributed by atoms with E-state index in [0.717, 1.165) is 18.2 Å². The third-order valence-electron chi connectivity index (χ3n) is 3.65. The number of pyridine rings is 1. The maximum absolute atomic E-state index is 5.75. The van der Waals surface area contributed by atoms with Crippen molar-refractivity contribution in [3.8, 4) is 0 Å². The normalized spacial score (nSPS) is 16.4. The first-order valence-electron chi connectivity index (χ1n) is 7.42. The van der Waals surface area contributed by atoms with Crippen LogP contribution in [0, 0.1) is 19.8 Å². The Labute approximate surface area is 121 Å². The number of rotatable bonds is 9. The van der Waals surface area contributed by atoms with E-state index >= 15 is 0 Å². The second-order valence-electron chi connectivity index (χ2n) is 5.36. The average molecular weight is 279 g/mol. The van der Waals surface area contributed by atoms with Crippen LogP contribution >= 0.6 is 0 Å². The Morgan fingerprint density at radius 3 is 2.80 bits per heavy atom. The minimum absolute atomic E-state index is 0.246. The summed E-state index contributed by atoms with van der Waals surface area (Å²) in [4.78, 5) is 4.26. The fraction of sp³-hybridized carbons (Fsp3) is 0.688. The van der Waals surface area contributed by atoms with Crippen molar-refractivity contribution < 1.29 is 14.2 Å². The zero-order valence-electron chi connectivity index (χ0n) is 12.7. The molecule has 1 heterocycles. The Bertz CT molecular complexity index is 418. The van der Waals surface area contributed by atoms with Gasteiger partial charge in [0.25, 0.3) is 0 Å². The summed E-state index contributed by atoms with van der Waals surface area (Å²) < 4.78 is 17.0. The van der Waals surface area contributed by atoms with E-state index in [0.29, 0.717) is 19.8 Å². The quantitative estimate of drug-likeness (QED) is 0.652. The number of hydrogen-bond acceptors (Lipinski definition) is 4. The molecule has 1 saturated carbocycles. The first-order chi connectivity index (χ1) is 9.70. The number of ether oxygens (including phenoxy) is 3. The van der Waals surface area contributed by atoms with Gasteiger partial charge in [0.05, 0.1) is 19.8 Å². The molecule has 1 aliphatic rings. The lowest BCUT2D eigenvalue weighted by molar-refractivity contribution is -0.174. The molecule has 1 aliphatic carbocycles. The summed E-state index contributed by atoms with van der Waals surface area (Å²) in [6.07, 6.45) is 4.15. The summed E-state index contributed by atoms with van der Waals surface area (Å²) in [5, 5.41) is 0. The third kappa shape index (κ3) is 4.85. The first-order valence-corrected chi connectivity index (χ1v) is 7.42. The Hall–Kier alpha value is -0.970. The molecule has 1 aromatic heterocycles. The van der Waals surface area contributed by atoms with E-state index in [1.54, 1.807) is 0 Å². The SMILES string of the molecule is CCOC(COCc1ccnc(C)c1C)OCC1CC1. The average Bonchev–Trinajstić information content (AvgIpc) is 3.25. The Morgan fingerprint density at radius 1 is 1.30 bits per heavy atom. The number of hydrogen-bond donors (Lipinski definition) is 0. The van der Waals surface area contributed by atoms with Gasteiger partial charge in [0.15, 0.2) is 6.29 Å². The van der Waals surface area contributed by atoms with Crippen LogP contribution in [0.3, 0.4) is 0 Å². The smallest absolute Gasteiger partial charge is 0.180 e. The van der Waals surface area contributed by atoms with Gasteiger partial charge in [-0.2, -0.15) is 0 Å². The predicted octanol–water partition coefficient (Wildman–Crippen LogP) is 3.00. The van der Waals surface area contributed by atoms with Crippen molar-refractivity contribution in [2.75, 3.05) is 19.8 Å². The molecule has 0 bridgehead atoms. The van der Waals surface area contributed by atoms with Crippen LogP contribution in [0.25, 0.3) is 0 Å². The van der Waals surface area contributed by atoms with E-state index in [9.17, 15) is 0 Å². The molecule has 1 unspecified atom stereocenters. The predicted molar refractivity (Wildman–Crippen MR) is 77.5 cm³/mol. The van der Waals surface area contributed by atoms with E-state index in [1.165, 1.54) is 24.0 Å². The van der Waals surface area contributed by atoms with Gasteiger partial charge in [-0.15, -0.1) is 0 Å². The van der Waals surface area contributed by atoms with Crippen LogP contribution in [0.4, 0.5) is 0 Å². The maximum atomic E-state index is 5.75. The molecule has 112 valence electrons. The lowest BCUT2D eigenvalue weighted by Crippen LogP contribution is -2.24. The van der Waals surface area contributed by atoms with Crippen LogP contribution in [0.5, 0.6) is 0 Å². The van der Waals surface area contributed by atoms with Crippen molar-refractivity contribution in [3.63, 3.8) is 0 Å². The molecule has 1 atom stereocenters. The number of nitrogens with zero attached hydrogens (tertiary/aromatic N) is 1. The van der Waals surface area contributed by atoms with Crippen molar-refractivity contribution in [3.05, 3.63) is 29.1 Å². The highest BCUT2D eigenvalue weighted by Gasteiger charge is 2.23. The standard InChI is InChI=1S/C16H25NO3/c1-4-19-16(20-9-14-5-6-14)11-18-10-15-7-8-17-13(3)12(15)2/h7-8,14,16H,4-6,9-11H2,1-3H3. The van der Waals surface area contributed by atoms with Crippen molar-refractivity contribution in [2.24, 2.45) is 5.92 Å². The van der Waals surface area contributed by atoms with Gasteiger partial charge in [0.1, 0.15) is 0 Å². The zero-order chi connectivity index (χ0) is 14.4. The highest BCUT2D eigenvalue weighted by molar-refractivity contribution is 5.26. The van der Waals surface area contributed by atoms with Gasteiger partial charge in [0.2, 0.25) is 0 Å². The molecule has 0 aliphatic heterocycles. The van der Waals surface area contributed by atoms with E-state index in [2.05, 4.69) is 11.9 Å². The highest BCUT2D eigenvalue weighted by atomic mass is 16.7. The highest BCUT2D eigenvalue weighted by Crippen LogP contribution is 2.29. The van der Waals surface area contributed by atoms with Crippen molar-refractivity contribution in [1.82, 2.24) is 4.98 Å². The van der Waals surface area contributed by atoms with Gasteiger partial charge >= 0.3 is 0 Å². The Balaban J connectivity index is 1.74. The largest absolute Gasteiger partial charge is 0.371 e. The minimum atomic E-state index is -0.246. The van der Waals surface area contributed by atoms with E-state index in [4.69, 9.17) is 14.2 Å². The Kier molecular flexibility index (Phi) is 5.95. The maximum Gasteiger partial charge on any atom is 0.180 e. The molecule has 0 radical (unpaired) electrons. The van der Waals surface area contributed by atoms with Gasteiger partial charge in [-0.05, 0) is 56.7 Å². The van der Waals surface area contributed by atoms with E-state index in [-0.39, 0.29) is 6.29 Å². The molecule has 4 heteroatoms. The molecule has 0 spiro atoms. The first kappa shape index (κ1) is 15.4. The summed E-state index contributed by atoms with van der Waals surface area (Å²) in [6.45, 7) is 8.55. The van der Waals surface area contributed by atoms with Crippen LogP contribution in [0.15, 0.2) is 12.3 Å². The molecule has 1 aromatic rings. The van der Waals surface area contributed by atoms with Crippen LogP contribution in [0.2, 0.25) is 0 Å². The monoisotopic (exact) mass is 279 g/mol. The van der Waals surface area contributed by atoms with Crippen molar-refractivity contribution in [1.29, 1.82) is 0 Å². The molecule has 0 N–H and O–H groups in total. The second-order valence-corrected chi connectivity index (χ2v) is 5.36. The van der Waals surface area contributed by atoms with Gasteiger partial charge in [-0.25, -0.2) is 0 Å². The van der Waals surface area contributed by atoms with Gasteiger partial charge in [-0.1, -0.05) is 0 Å². The zero-order valence-corrected chi connectivity index (χ0v) is 12.7. The lowest BCUT2D eigenvalue weighted by atomic mass is 10.1. The molecule has 2 rings (SSSR count). The fourth-order valence-corrected chi connectivity index (χ4v) is 1.97. The van der Waals surface area contributed by atoms with Crippen LogP contribution in [0.1, 0.15) is 36.6 Å².